The third-order valence-corrected chi connectivity index (χ3v) is 4.03. The monoisotopic (exact) mass is 281 g/mol. The van der Waals surface area contributed by atoms with Gasteiger partial charge in [-0.25, -0.2) is 0 Å². The second-order valence-electron chi connectivity index (χ2n) is 4.55. The molecule has 5 nitrogen and oxygen atoms in total. The van der Waals surface area contributed by atoms with Gasteiger partial charge in [0.25, 0.3) is 5.91 Å². The summed E-state index contributed by atoms with van der Waals surface area (Å²) in [5.74, 6) is 0.146. The zero-order valence-corrected chi connectivity index (χ0v) is 11.6. The molecule has 2 amide bonds. The predicted octanol–water partition coefficient (Wildman–Crippen LogP) is 0.594. The van der Waals surface area contributed by atoms with Crippen molar-refractivity contribution in [2.75, 3.05) is 26.2 Å². The van der Waals surface area contributed by atoms with Gasteiger partial charge in [0, 0.05) is 19.0 Å². The van der Waals surface area contributed by atoms with E-state index in [1.54, 1.807) is 6.07 Å². The van der Waals surface area contributed by atoms with E-state index >= 15 is 0 Å². The van der Waals surface area contributed by atoms with Crippen LogP contribution >= 0.6 is 11.3 Å². The summed E-state index contributed by atoms with van der Waals surface area (Å²) < 4.78 is 0. The molecule has 0 radical (unpaired) electrons. The Morgan fingerprint density at radius 1 is 1.26 bits per heavy atom. The first-order valence-corrected chi connectivity index (χ1v) is 7.45. The van der Waals surface area contributed by atoms with Crippen molar-refractivity contribution >= 4 is 23.2 Å². The molecule has 1 fully saturated rings. The van der Waals surface area contributed by atoms with Crippen LogP contribution in [0.2, 0.25) is 0 Å². The van der Waals surface area contributed by atoms with Gasteiger partial charge in [-0.2, -0.15) is 0 Å². The smallest absolute Gasteiger partial charge is 0.261 e. The van der Waals surface area contributed by atoms with Crippen molar-refractivity contribution in [1.29, 1.82) is 0 Å². The maximum absolute atomic E-state index is 11.8. The van der Waals surface area contributed by atoms with Gasteiger partial charge < -0.3 is 16.0 Å². The number of hydrogen-bond donors (Lipinski definition) is 3. The van der Waals surface area contributed by atoms with Crippen molar-refractivity contribution in [3.8, 4) is 0 Å². The number of carbonyl (C=O) groups is 2. The standard InChI is InChI=1S/C13H19N3O2S/c17-12(10-3-5-14-6-4-10)15-7-8-16-13(18)11-2-1-9-19-11/h1-2,9-10,14H,3-8H2,(H,15,17)(H,16,18). The van der Waals surface area contributed by atoms with Crippen LogP contribution in [0.5, 0.6) is 0 Å². The molecule has 1 saturated heterocycles. The Morgan fingerprint density at radius 3 is 2.68 bits per heavy atom. The molecule has 0 saturated carbocycles. The van der Waals surface area contributed by atoms with E-state index in [1.165, 1.54) is 11.3 Å². The Bertz CT molecular complexity index is 414. The van der Waals surface area contributed by atoms with Crippen molar-refractivity contribution < 1.29 is 9.59 Å². The van der Waals surface area contributed by atoms with Crippen LogP contribution in [0, 0.1) is 5.92 Å². The highest BCUT2D eigenvalue weighted by atomic mass is 32.1. The van der Waals surface area contributed by atoms with Crippen LogP contribution in [0.3, 0.4) is 0 Å². The van der Waals surface area contributed by atoms with E-state index in [4.69, 9.17) is 0 Å². The summed E-state index contributed by atoms with van der Waals surface area (Å²) in [7, 11) is 0. The highest BCUT2D eigenvalue weighted by molar-refractivity contribution is 7.12. The lowest BCUT2D eigenvalue weighted by Crippen LogP contribution is -2.41. The minimum atomic E-state index is -0.0777. The predicted molar refractivity (Wildman–Crippen MR) is 75.3 cm³/mol. The molecule has 1 aliphatic rings. The first-order valence-electron chi connectivity index (χ1n) is 6.57. The first kappa shape index (κ1) is 14.0. The lowest BCUT2D eigenvalue weighted by atomic mass is 9.97. The molecule has 104 valence electrons. The average molecular weight is 281 g/mol. The van der Waals surface area contributed by atoms with Gasteiger partial charge in [0.05, 0.1) is 4.88 Å². The third-order valence-electron chi connectivity index (χ3n) is 3.16. The largest absolute Gasteiger partial charge is 0.354 e. The fourth-order valence-corrected chi connectivity index (χ4v) is 2.73. The Labute approximate surface area is 116 Å². The minimum absolute atomic E-state index is 0.0777. The normalized spacial score (nSPS) is 16.0. The highest BCUT2D eigenvalue weighted by Crippen LogP contribution is 2.11. The first-order chi connectivity index (χ1) is 9.27. The van der Waals surface area contributed by atoms with Gasteiger partial charge in [0.15, 0.2) is 0 Å². The second kappa shape index (κ2) is 7.25. The van der Waals surface area contributed by atoms with Crippen LogP contribution < -0.4 is 16.0 Å². The maximum atomic E-state index is 11.8. The van der Waals surface area contributed by atoms with Gasteiger partial charge in [-0.15, -0.1) is 11.3 Å². The van der Waals surface area contributed by atoms with E-state index in [0.29, 0.717) is 18.0 Å². The van der Waals surface area contributed by atoms with Gasteiger partial charge in [0.1, 0.15) is 0 Å². The van der Waals surface area contributed by atoms with E-state index in [0.717, 1.165) is 25.9 Å². The topological polar surface area (TPSA) is 70.2 Å². The summed E-state index contributed by atoms with van der Waals surface area (Å²) in [5.41, 5.74) is 0. The van der Waals surface area contributed by atoms with Gasteiger partial charge >= 0.3 is 0 Å². The van der Waals surface area contributed by atoms with Crippen molar-refractivity contribution in [1.82, 2.24) is 16.0 Å². The Kier molecular flexibility index (Phi) is 5.35. The van der Waals surface area contributed by atoms with E-state index in [-0.39, 0.29) is 17.7 Å². The molecule has 0 atom stereocenters. The van der Waals surface area contributed by atoms with Crippen LogP contribution in [0.1, 0.15) is 22.5 Å². The Hall–Kier alpha value is -1.40. The lowest BCUT2D eigenvalue weighted by molar-refractivity contribution is -0.125. The van der Waals surface area contributed by atoms with Gasteiger partial charge in [-0.3, -0.25) is 9.59 Å². The summed E-state index contributed by atoms with van der Waals surface area (Å²) in [6, 6.07) is 3.63. The zero-order chi connectivity index (χ0) is 13.5. The average Bonchev–Trinajstić information content (AvgIpc) is 2.98. The molecule has 0 aliphatic carbocycles. The molecule has 0 aromatic carbocycles. The molecular formula is C13H19N3O2S. The molecule has 0 unspecified atom stereocenters. The van der Waals surface area contributed by atoms with Gasteiger partial charge in [-0.1, -0.05) is 6.07 Å². The highest BCUT2D eigenvalue weighted by Gasteiger charge is 2.20. The lowest BCUT2D eigenvalue weighted by Gasteiger charge is -2.21. The third kappa shape index (κ3) is 4.33. The molecule has 1 aromatic rings. The SMILES string of the molecule is O=C(NCCNC(=O)C1CCNCC1)c1cccs1. The number of piperidine rings is 1. The zero-order valence-electron chi connectivity index (χ0n) is 10.8. The number of rotatable bonds is 5. The van der Waals surface area contributed by atoms with Crippen molar-refractivity contribution in [2.45, 2.75) is 12.8 Å². The van der Waals surface area contributed by atoms with E-state index in [9.17, 15) is 9.59 Å². The fourth-order valence-electron chi connectivity index (χ4n) is 2.09. The second-order valence-corrected chi connectivity index (χ2v) is 5.50. The van der Waals surface area contributed by atoms with Crippen molar-refractivity contribution in [3.63, 3.8) is 0 Å². The summed E-state index contributed by atoms with van der Waals surface area (Å²) in [6.45, 7) is 2.77. The fraction of sp³-hybridized carbons (Fsp3) is 0.538. The number of thiophene rings is 1. The number of amides is 2. The van der Waals surface area contributed by atoms with E-state index in [2.05, 4.69) is 16.0 Å². The van der Waals surface area contributed by atoms with Crippen LogP contribution in [-0.4, -0.2) is 38.0 Å². The molecule has 3 N–H and O–H groups in total. The minimum Gasteiger partial charge on any atom is -0.354 e. The van der Waals surface area contributed by atoms with Crippen LogP contribution in [0.4, 0.5) is 0 Å². The molecule has 1 aliphatic heterocycles. The quantitative estimate of drug-likeness (QED) is 0.692. The van der Waals surface area contributed by atoms with Crippen molar-refractivity contribution in [3.05, 3.63) is 22.4 Å². The molecule has 6 heteroatoms. The van der Waals surface area contributed by atoms with Crippen LogP contribution in [0.15, 0.2) is 17.5 Å². The van der Waals surface area contributed by atoms with E-state index < -0.39 is 0 Å². The van der Waals surface area contributed by atoms with E-state index in [1.807, 2.05) is 11.4 Å². The summed E-state index contributed by atoms with van der Waals surface area (Å²) in [4.78, 5) is 24.2. The molecule has 0 spiro atoms. The number of nitrogens with one attached hydrogen (secondary N) is 3. The van der Waals surface area contributed by atoms with Gasteiger partial charge in [-0.05, 0) is 37.4 Å². The molecule has 2 rings (SSSR count). The van der Waals surface area contributed by atoms with Crippen LogP contribution in [0.25, 0.3) is 0 Å². The summed E-state index contributed by atoms with van der Waals surface area (Å²) in [6.07, 6.45) is 1.79. The molecular weight excluding hydrogens is 262 g/mol. The Balaban J connectivity index is 1.61. The molecule has 0 bridgehead atoms. The van der Waals surface area contributed by atoms with Crippen LogP contribution in [-0.2, 0) is 4.79 Å². The summed E-state index contributed by atoms with van der Waals surface area (Å²) >= 11 is 1.41. The molecule has 19 heavy (non-hydrogen) atoms. The summed E-state index contributed by atoms with van der Waals surface area (Å²) in [5, 5.41) is 10.8. The number of hydrogen-bond acceptors (Lipinski definition) is 4. The van der Waals surface area contributed by atoms with Gasteiger partial charge in [0.2, 0.25) is 5.91 Å². The maximum Gasteiger partial charge on any atom is 0.261 e. The molecule has 2 heterocycles. The number of carbonyl (C=O) groups excluding carboxylic acids is 2. The Morgan fingerprint density at radius 2 is 2.00 bits per heavy atom. The molecule has 1 aromatic heterocycles. The van der Waals surface area contributed by atoms with Crippen molar-refractivity contribution in [2.24, 2.45) is 5.92 Å².